The van der Waals surface area contributed by atoms with Gasteiger partial charge in [-0.2, -0.15) is 0 Å². The van der Waals surface area contributed by atoms with Gasteiger partial charge in [-0.05, 0) is 29.7 Å². The molecule has 3 heteroatoms. The van der Waals surface area contributed by atoms with E-state index >= 15 is 0 Å². The molecular formula is C18H21N3. The zero-order chi connectivity index (χ0) is 14.8. The van der Waals surface area contributed by atoms with Crippen LogP contribution in [-0.4, -0.2) is 9.55 Å². The zero-order valence-electron chi connectivity index (χ0n) is 12.6. The minimum atomic E-state index is -0.0218. The number of aromatic nitrogens is 2. The lowest BCUT2D eigenvalue weighted by Crippen LogP contribution is -2.15. The van der Waals surface area contributed by atoms with Crippen LogP contribution in [0.2, 0.25) is 0 Å². The van der Waals surface area contributed by atoms with Crippen molar-refractivity contribution in [1.29, 1.82) is 0 Å². The van der Waals surface area contributed by atoms with E-state index < -0.39 is 0 Å². The van der Waals surface area contributed by atoms with Crippen molar-refractivity contribution in [3.05, 3.63) is 65.5 Å². The maximum absolute atomic E-state index is 6.36. The molecule has 1 atom stereocenters. The van der Waals surface area contributed by atoms with Crippen LogP contribution < -0.4 is 5.73 Å². The van der Waals surface area contributed by atoms with Crippen LogP contribution in [0.3, 0.4) is 0 Å². The minimum absolute atomic E-state index is 0.0218. The molecule has 0 spiro atoms. The van der Waals surface area contributed by atoms with Gasteiger partial charge in [0.25, 0.3) is 0 Å². The van der Waals surface area contributed by atoms with Gasteiger partial charge < -0.3 is 10.3 Å². The van der Waals surface area contributed by atoms with Crippen LogP contribution in [0.4, 0.5) is 0 Å². The standard InChI is InChI=1S/C18H21N3/c1-3-13-8-10-14(11-9-13)15(19)12-18-20-16-6-4-5-7-17(16)21(18)2/h4-11,15H,3,12,19H2,1-2H3. The van der Waals surface area contributed by atoms with Gasteiger partial charge >= 0.3 is 0 Å². The van der Waals surface area contributed by atoms with Gasteiger partial charge in [-0.3, -0.25) is 0 Å². The SMILES string of the molecule is CCc1ccc(C(N)Cc2nc3ccccc3n2C)cc1. The Morgan fingerprint density at radius 2 is 1.81 bits per heavy atom. The minimum Gasteiger partial charge on any atom is -0.331 e. The first kappa shape index (κ1) is 13.8. The summed E-state index contributed by atoms with van der Waals surface area (Å²) in [6.45, 7) is 2.16. The average molecular weight is 279 g/mol. The second kappa shape index (κ2) is 5.70. The van der Waals surface area contributed by atoms with E-state index in [1.54, 1.807) is 0 Å². The summed E-state index contributed by atoms with van der Waals surface area (Å²) in [5, 5.41) is 0. The van der Waals surface area contributed by atoms with Crippen molar-refractivity contribution in [2.45, 2.75) is 25.8 Å². The van der Waals surface area contributed by atoms with E-state index in [-0.39, 0.29) is 6.04 Å². The molecule has 0 radical (unpaired) electrons. The van der Waals surface area contributed by atoms with Crippen molar-refractivity contribution in [2.24, 2.45) is 12.8 Å². The highest BCUT2D eigenvalue weighted by molar-refractivity contribution is 5.75. The fraction of sp³-hybridized carbons (Fsp3) is 0.278. The molecule has 0 fully saturated rings. The molecule has 3 nitrogen and oxygen atoms in total. The third-order valence-corrected chi connectivity index (χ3v) is 4.10. The zero-order valence-corrected chi connectivity index (χ0v) is 12.6. The first-order valence-corrected chi connectivity index (χ1v) is 7.43. The van der Waals surface area contributed by atoms with Crippen molar-refractivity contribution >= 4 is 11.0 Å². The number of imidazole rings is 1. The Hall–Kier alpha value is -2.13. The van der Waals surface area contributed by atoms with Crippen LogP contribution in [0.1, 0.15) is 29.9 Å². The Kier molecular flexibility index (Phi) is 3.76. The Bertz CT molecular complexity index is 741. The average Bonchev–Trinajstić information content (AvgIpc) is 2.84. The summed E-state index contributed by atoms with van der Waals surface area (Å²) in [4.78, 5) is 4.69. The van der Waals surface area contributed by atoms with E-state index in [0.29, 0.717) is 0 Å². The van der Waals surface area contributed by atoms with Gasteiger partial charge in [0.2, 0.25) is 0 Å². The van der Waals surface area contributed by atoms with E-state index in [1.165, 1.54) is 11.1 Å². The normalized spacial score (nSPS) is 12.7. The highest BCUT2D eigenvalue weighted by atomic mass is 15.1. The molecule has 108 valence electrons. The van der Waals surface area contributed by atoms with Gasteiger partial charge in [-0.25, -0.2) is 4.98 Å². The summed E-state index contributed by atoms with van der Waals surface area (Å²) in [7, 11) is 2.05. The lowest BCUT2D eigenvalue weighted by Gasteiger charge is -2.12. The number of rotatable bonds is 4. The van der Waals surface area contributed by atoms with Gasteiger partial charge in [0.1, 0.15) is 5.82 Å². The third-order valence-electron chi connectivity index (χ3n) is 4.10. The summed E-state index contributed by atoms with van der Waals surface area (Å²) in [6.07, 6.45) is 1.80. The second-order valence-electron chi connectivity index (χ2n) is 5.48. The molecule has 0 aliphatic rings. The molecule has 0 bridgehead atoms. The van der Waals surface area contributed by atoms with Crippen molar-refractivity contribution < 1.29 is 0 Å². The van der Waals surface area contributed by atoms with E-state index in [4.69, 9.17) is 10.7 Å². The highest BCUT2D eigenvalue weighted by Crippen LogP contribution is 2.20. The molecule has 2 N–H and O–H groups in total. The van der Waals surface area contributed by atoms with E-state index in [2.05, 4.69) is 48.9 Å². The highest BCUT2D eigenvalue weighted by Gasteiger charge is 2.13. The molecule has 0 amide bonds. The van der Waals surface area contributed by atoms with Crippen LogP contribution >= 0.6 is 0 Å². The first-order chi connectivity index (χ1) is 10.2. The molecule has 0 aliphatic carbocycles. The van der Waals surface area contributed by atoms with Gasteiger partial charge in [-0.15, -0.1) is 0 Å². The van der Waals surface area contributed by atoms with Gasteiger partial charge in [-0.1, -0.05) is 43.3 Å². The van der Waals surface area contributed by atoms with E-state index in [0.717, 1.165) is 29.7 Å². The fourth-order valence-electron chi connectivity index (χ4n) is 2.69. The van der Waals surface area contributed by atoms with Gasteiger partial charge in [0, 0.05) is 19.5 Å². The molecule has 21 heavy (non-hydrogen) atoms. The maximum Gasteiger partial charge on any atom is 0.111 e. The maximum atomic E-state index is 6.36. The van der Waals surface area contributed by atoms with Gasteiger partial charge in [0.05, 0.1) is 11.0 Å². The molecule has 1 unspecified atom stereocenters. The first-order valence-electron chi connectivity index (χ1n) is 7.43. The molecule has 0 aliphatic heterocycles. The predicted molar refractivity (Wildman–Crippen MR) is 87.2 cm³/mol. The van der Waals surface area contributed by atoms with Crippen LogP contribution in [0.25, 0.3) is 11.0 Å². The quantitative estimate of drug-likeness (QED) is 0.795. The smallest absolute Gasteiger partial charge is 0.111 e. The van der Waals surface area contributed by atoms with Gasteiger partial charge in [0.15, 0.2) is 0 Å². The number of nitrogens with two attached hydrogens (primary N) is 1. The van der Waals surface area contributed by atoms with Crippen LogP contribution in [0.15, 0.2) is 48.5 Å². The monoisotopic (exact) mass is 279 g/mol. The molecule has 1 heterocycles. The summed E-state index contributed by atoms with van der Waals surface area (Å²) >= 11 is 0. The van der Waals surface area contributed by atoms with Crippen LogP contribution in [0, 0.1) is 0 Å². The summed E-state index contributed by atoms with van der Waals surface area (Å²) in [5.41, 5.74) is 11.0. The van der Waals surface area contributed by atoms with E-state index in [9.17, 15) is 0 Å². The number of para-hydroxylation sites is 2. The lowest BCUT2D eigenvalue weighted by atomic mass is 10.0. The largest absolute Gasteiger partial charge is 0.331 e. The molecular weight excluding hydrogens is 258 g/mol. The third kappa shape index (κ3) is 2.69. The van der Waals surface area contributed by atoms with Crippen molar-refractivity contribution in [1.82, 2.24) is 9.55 Å². The number of hydrogen-bond donors (Lipinski definition) is 1. The van der Waals surface area contributed by atoms with Crippen LogP contribution in [-0.2, 0) is 19.9 Å². The molecule has 1 aromatic heterocycles. The Morgan fingerprint density at radius 3 is 2.48 bits per heavy atom. The van der Waals surface area contributed by atoms with Crippen molar-refractivity contribution in [3.63, 3.8) is 0 Å². The number of hydrogen-bond acceptors (Lipinski definition) is 2. The number of nitrogens with zero attached hydrogens (tertiary/aromatic N) is 2. The summed E-state index contributed by atoms with van der Waals surface area (Å²) < 4.78 is 2.13. The Balaban J connectivity index is 1.85. The van der Waals surface area contributed by atoms with E-state index in [1.807, 2.05) is 18.2 Å². The van der Waals surface area contributed by atoms with Crippen molar-refractivity contribution in [2.75, 3.05) is 0 Å². The predicted octanol–water partition coefficient (Wildman–Crippen LogP) is 3.38. The topological polar surface area (TPSA) is 43.8 Å². The number of fused-ring (bicyclic) bond motifs is 1. The second-order valence-corrected chi connectivity index (χ2v) is 5.48. The molecule has 3 rings (SSSR count). The number of aryl methyl sites for hydroxylation is 2. The fourth-order valence-corrected chi connectivity index (χ4v) is 2.69. The number of benzene rings is 2. The van der Waals surface area contributed by atoms with Crippen molar-refractivity contribution in [3.8, 4) is 0 Å². The molecule has 3 aromatic rings. The molecule has 0 saturated carbocycles. The lowest BCUT2D eigenvalue weighted by molar-refractivity contribution is 0.665. The summed E-state index contributed by atoms with van der Waals surface area (Å²) in [6, 6.07) is 16.7. The molecule has 2 aromatic carbocycles. The molecule has 0 saturated heterocycles. The summed E-state index contributed by atoms with van der Waals surface area (Å²) in [5.74, 6) is 1.03. The van der Waals surface area contributed by atoms with Crippen LogP contribution in [0.5, 0.6) is 0 Å². The Morgan fingerprint density at radius 1 is 1.10 bits per heavy atom. The Labute approximate surface area is 125 Å².